The number of hydrogen-bond acceptors (Lipinski definition) is 2. The molecule has 12 heavy (non-hydrogen) atoms. The quantitative estimate of drug-likeness (QED) is 0.663. The van der Waals surface area contributed by atoms with Crippen molar-refractivity contribution in [1.29, 1.82) is 0 Å². The summed E-state index contributed by atoms with van der Waals surface area (Å²) in [7, 11) is 0. The van der Waals surface area contributed by atoms with Crippen LogP contribution in [0.2, 0.25) is 0 Å². The highest BCUT2D eigenvalue weighted by molar-refractivity contribution is 5.85. The zero-order valence-corrected chi connectivity index (χ0v) is 8.43. The van der Waals surface area contributed by atoms with E-state index >= 15 is 0 Å². The molecule has 1 amide bonds. The normalized spacial score (nSPS) is 22.7. The maximum atomic E-state index is 11.4. The van der Waals surface area contributed by atoms with Gasteiger partial charge in [0.05, 0.1) is 0 Å². The molecule has 4 heteroatoms. The average molecular weight is 193 g/mol. The van der Waals surface area contributed by atoms with Crippen LogP contribution in [0, 0.1) is 5.92 Å². The van der Waals surface area contributed by atoms with E-state index in [0.717, 1.165) is 19.5 Å². The van der Waals surface area contributed by atoms with E-state index in [4.69, 9.17) is 5.73 Å². The van der Waals surface area contributed by atoms with Gasteiger partial charge in [0.1, 0.15) is 0 Å². The minimum Gasteiger partial charge on any atom is -0.341 e. The number of hydrogen-bond donors (Lipinski definition) is 1. The molecule has 1 aliphatic rings. The lowest BCUT2D eigenvalue weighted by atomic mass is 10.2. The fraction of sp³-hybridized carbons (Fsp3) is 0.875. The minimum atomic E-state index is 0. The Morgan fingerprint density at radius 3 is 2.50 bits per heavy atom. The van der Waals surface area contributed by atoms with E-state index in [1.54, 1.807) is 0 Å². The van der Waals surface area contributed by atoms with Gasteiger partial charge in [-0.25, -0.2) is 0 Å². The van der Waals surface area contributed by atoms with Crippen LogP contribution >= 0.6 is 12.4 Å². The molecule has 0 aromatic heterocycles. The van der Waals surface area contributed by atoms with E-state index in [1.807, 2.05) is 18.7 Å². The first kappa shape index (κ1) is 11.7. The molecule has 0 aromatic carbocycles. The van der Waals surface area contributed by atoms with Gasteiger partial charge in [-0.1, -0.05) is 13.8 Å². The Bertz CT molecular complexity index is 161. The van der Waals surface area contributed by atoms with Gasteiger partial charge < -0.3 is 10.6 Å². The largest absolute Gasteiger partial charge is 0.341 e. The highest BCUT2D eigenvalue weighted by atomic mass is 35.5. The first-order chi connectivity index (χ1) is 5.11. The van der Waals surface area contributed by atoms with Crippen LogP contribution in [0.25, 0.3) is 0 Å². The molecular formula is C8H17ClN2O. The highest BCUT2D eigenvalue weighted by Crippen LogP contribution is 2.10. The number of nitrogens with two attached hydrogens (primary N) is 1. The molecule has 3 nitrogen and oxygen atoms in total. The minimum absolute atomic E-state index is 0. The van der Waals surface area contributed by atoms with E-state index in [2.05, 4.69) is 0 Å². The smallest absolute Gasteiger partial charge is 0.225 e. The van der Waals surface area contributed by atoms with Crippen molar-refractivity contribution in [1.82, 2.24) is 4.90 Å². The van der Waals surface area contributed by atoms with Crippen LogP contribution in [-0.2, 0) is 4.79 Å². The summed E-state index contributed by atoms with van der Waals surface area (Å²) in [4.78, 5) is 13.2. The summed E-state index contributed by atoms with van der Waals surface area (Å²) in [5.41, 5.74) is 5.67. The summed E-state index contributed by atoms with van der Waals surface area (Å²) >= 11 is 0. The second-order valence-electron chi connectivity index (χ2n) is 3.49. The fourth-order valence-corrected chi connectivity index (χ4v) is 1.35. The highest BCUT2D eigenvalue weighted by Gasteiger charge is 2.24. The van der Waals surface area contributed by atoms with E-state index in [0.29, 0.717) is 0 Å². The molecule has 0 unspecified atom stereocenters. The lowest BCUT2D eigenvalue weighted by Crippen LogP contribution is -2.34. The lowest BCUT2D eigenvalue weighted by molar-refractivity contribution is -0.133. The number of likely N-dealkylation sites (tertiary alicyclic amines) is 1. The molecule has 1 saturated heterocycles. The van der Waals surface area contributed by atoms with Gasteiger partial charge in [0.2, 0.25) is 5.91 Å². The van der Waals surface area contributed by atoms with Crippen LogP contribution < -0.4 is 5.73 Å². The molecule has 72 valence electrons. The topological polar surface area (TPSA) is 46.3 Å². The van der Waals surface area contributed by atoms with Crippen molar-refractivity contribution in [2.24, 2.45) is 11.7 Å². The van der Waals surface area contributed by atoms with Crippen molar-refractivity contribution >= 4 is 18.3 Å². The molecule has 1 heterocycles. The van der Waals surface area contributed by atoms with Gasteiger partial charge >= 0.3 is 0 Å². The Hall–Kier alpha value is -0.280. The number of nitrogens with zero attached hydrogens (tertiary/aromatic N) is 1. The number of rotatable bonds is 1. The van der Waals surface area contributed by atoms with Crippen molar-refractivity contribution in [3.8, 4) is 0 Å². The molecule has 0 bridgehead atoms. The van der Waals surface area contributed by atoms with Crippen molar-refractivity contribution in [2.75, 3.05) is 13.1 Å². The van der Waals surface area contributed by atoms with Gasteiger partial charge in [-0.05, 0) is 6.42 Å². The summed E-state index contributed by atoms with van der Waals surface area (Å²) in [6.07, 6.45) is 0.957. The van der Waals surface area contributed by atoms with E-state index in [9.17, 15) is 4.79 Å². The van der Waals surface area contributed by atoms with Gasteiger partial charge in [0.25, 0.3) is 0 Å². The molecule has 1 aliphatic heterocycles. The summed E-state index contributed by atoms with van der Waals surface area (Å²) in [5.74, 6) is 0.346. The molecule has 2 N–H and O–H groups in total. The zero-order valence-electron chi connectivity index (χ0n) is 7.62. The van der Waals surface area contributed by atoms with Crippen molar-refractivity contribution in [3.05, 3.63) is 0 Å². The summed E-state index contributed by atoms with van der Waals surface area (Å²) in [6.45, 7) is 5.44. The molecule has 0 saturated carbocycles. The van der Waals surface area contributed by atoms with Crippen LogP contribution in [-0.4, -0.2) is 29.9 Å². The molecule has 1 fully saturated rings. The van der Waals surface area contributed by atoms with Crippen LogP contribution in [0.5, 0.6) is 0 Å². The van der Waals surface area contributed by atoms with Gasteiger partial charge in [-0.3, -0.25) is 4.79 Å². The van der Waals surface area contributed by atoms with Gasteiger partial charge in [-0.15, -0.1) is 12.4 Å². The lowest BCUT2D eigenvalue weighted by Gasteiger charge is -2.17. The monoisotopic (exact) mass is 192 g/mol. The number of halogens is 1. The third-order valence-electron chi connectivity index (χ3n) is 2.03. The maximum Gasteiger partial charge on any atom is 0.225 e. The average Bonchev–Trinajstić information content (AvgIpc) is 2.34. The van der Waals surface area contributed by atoms with Crippen LogP contribution in [0.1, 0.15) is 20.3 Å². The third kappa shape index (κ3) is 2.64. The van der Waals surface area contributed by atoms with Crippen molar-refractivity contribution < 1.29 is 4.79 Å². The van der Waals surface area contributed by atoms with Gasteiger partial charge in [0.15, 0.2) is 0 Å². The first-order valence-electron chi connectivity index (χ1n) is 4.15. The van der Waals surface area contributed by atoms with E-state index < -0.39 is 0 Å². The summed E-state index contributed by atoms with van der Waals surface area (Å²) < 4.78 is 0. The fourth-order valence-electron chi connectivity index (χ4n) is 1.35. The van der Waals surface area contributed by atoms with Crippen molar-refractivity contribution in [2.45, 2.75) is 26.3 Å². The Morgan fingerprint density at radius 2 is 2.17 bits per heavy atom. The Kier molecular flexibility index (Phi) is 4.57. The van der Waals surface area contributed by atoms with Crippen LogP contribution in [0.3, 0.4) is 0 Å². The molecule has 1 atom stereocenters. The second-order valence-corrected chi connectivity index (χ2v) is 3.49. The van der Waals surface area contributed by atoms with Crippen LogP contribution in [0.15, 0.2) is 0 Å². The number of amides is 1. The summed E-state index contributed by atoms with van der Waals surface area (Å²) in [6, 6.07) is 0.206. The molecule has 0 aromatic rings. The predicted octanol–water partition coefficient (Wildman–Crippen LogP) is 0.624. The predicted molar refractivity (Wildman–Crippen MR) is 51.3 cm³/mol. The van der Waals surface area contributed by atoms with E-state index in [1.165, 1.54) is 0 Å². The maximum absolute atomic E-state index is 11.4. The molecular weight excluding hydrogens is 176 g/mol. The third-order valence-corrected chi connectivity index (χ3v) is 2.03. The molecule has 1 rings (SSSR count). The zero-order chi connectivity index (χ0) is 8.43. The standard InChI is InChI=1S/C8H16N2O.ClH/c1-6(2)8(11)10-4-3-7(9)5-10;/h6-7H,3-5,9H2,1-2H3;1H/t7-;/m1./s1. The SMILES string of the molecule is CC(C)C(=O)N1CC[C@@H](N)C1.Cl. The van der Waals surface area contributed by atoms with Gasteiger partial charge in [0, 0.05) is 25.0 Å². The second kappa shape index (κ2) is 4.67. The summed E-state index contributed by atoms with van der Waals surface area (Å²) in [5, 5.41) is 0. The Balaban J connectivity index is 0.00000121. The number of carbonyl (C=O) groups excluding carboxylic acids is 1. The van der Waals surface area contributed by atoms with Crippen LogP contribution in [0.4, 0.5) is 0 Å². The van der Waals surface area contributed by atoms with Gasteiger partial charge in [-0.2, -0.15) is 0 Å². The van der Waals surface area contributed by atoms with Crippen molar-refractivity contribution in [3.63, 3.8) is 0 Å². The molecule has 0 aliphatic carbocycles. The molecule has 0 spiro atoms. The molecule has 0 radical (unpaired) electrons. The Morgan fingerprint density at radius 1 is 1.58 bits per heavy atom. The Labute approximate surface area is 79.7 Å². The first-order valence-corrected chi connectivity index (χ1v) is 4.15. The van der Waals surface area contributed by atoms with E-state index in [-0.39, 0.29) is 30.3 Å². The number of carbonyl (C=O) groups is 1.